The van der Waals surface area contributed by atoms with Gasteiger partial charge < -0.3 is 0 Å². The summed E-state index contributed by atoms with van der Waals surface area (Å²) in [5, 5.41) is -1.37. The Morgan fingerprint density at radius 3 is 1.20 bits per heavy atom. The standard InChI is InChI=1S/C48H28S/c1-5-13-35-29(9-1)17-23-41-43(35)25-31-11-3-7-15-37(31)47(41)33-19-21-39-40-22-20-34(28-46(40)49-45(39)27-33)48-38-16-8-4-12-32(38)26-44-36-14-6-2-10-30(36)18-24-42(44)48/h1-28H/i1D,2D,3D,4D,5D,6D,7D,8D,9D,10D,11D,12D,13D,14D,15D,16D,17D,18D,23D,24D,25D,26D. The zero-order valence-corrected chi connectivity index (χ0v) is 25.7. The molecule has 0 aliphatic carbocycles. The molecule has 0 nitrogen and oxygen atoms in total. The van der Waals surface area contributed by atoms with E-state index < -0.39 is 133 Å². The first-order chi connectivity index (χ1) is 33.5. The van der Waals surface area contributed by atoms with E-state index in [9.17, 15) is 5.48 Å². The molecule has 1 aromatic heterocycles. The highest BCUT2D eigenvalue weighted by atomic mass is 32.1. The van der Waals surface area contributed by atoms with Gasteiger partial charge in [-0.1, -0.05) is 145 Å². The third-order valence-corrected chi connectivity index (χ3v) is 10.0. The van der Waals surface area contributed by atoms with Crippen molar-refractivity contribution in [1.82, 2.24) is 0 Å². The molecule has 226 valence electrons. The van der Waals surface area contributed by atoms with E-state index in [1.54, 1.807) is 36.4 Å². The van der Waals surface area contributed by atoms with Crippen molar-refractivity contribution in [2.45, 2.75) is 0 Å². The lowest BCUT2D eigenvalue weighted by Gasteiger charge is -2.14. The van der Waals surface area contributed by atoms with E-state index in [2.05, 4.69) is 0 Å². The van der Waals surface area contributed by atoms with E-state index in [0.29, 0.717) is 20.2 Å². The van der Waals surface area contributed by atoms with Crippen LogP contribution in [0.3, 0.4) is 0 Å². The molecular formula is C48H28S. The van der Waals surface area contributed by atoms with E-state index in [0.717, 1.165) is 0 Å². The highest BCUT2D eigenvalue weighted by Gasteiger charge is 2.16. The van der Waals surface area contributed by atoms with Crippen molar-refractivity contribution in [3.05, 3.63) is 169 Å². The Balaban J connectivity index is 1.26. The van der Waals surface area contributed by atoms with Gasteiger partial charge in [0.1, 0.15) is 0 Å². The van der Waals surface area contributed by atoms with Crippen molar-refractivity contribution >= 4 is 96.1 Å². The first-order valence-corrected chi connectivity index (χ1v) is 16.0. The number of hydrogen-bond acceptors (Lipinski definition) is 1. The third kappa shape index (κ3) is 3.97. The molecule has 1 heterocycles. The molecule has 0 bridgehead atoms. The van der Waals surface area contributed by atoms with Crippen molar-refractivity contribution < 1.29 is 30.2 Å². The van der Waals surface area contributed by atoms with Gasteiger partial charge in [-0.05, 0) is 111 Å². The van der Waals surface area contributed by atoms with Crippen LogP contribution in [-0.2, 0) is 0 Å². The summed E-state index contributed by atoms with van der Waals surface area (Å²) >= 11 is 1.22. The van der Waals surface area contributed by atoms with Crippen molar-refractivity contribution in [2.75, 3.05) is 0 Å². The van der Waals surface area contributed by atoms with Gasteiger partial charge in [0, 0.05) is 20.2 Å². The quantitative estimate of drug-likeness (QED) is 0.128. The lowest BCUT2D eigenvalue weighted by Crippen LogP contribution is -1.87. The Bertz CT molecular complexity index is 4150. The summed E-state index contributed by atoms with van der Waals surface area (Å²) < 4.78 is 197. The first kappa shape index (κ1) is 13.5. The third-order valence-electron chi connectivity index (χ3n) is 8.93. The molecule has 0 aliphatic heterocycles. The minimum Gasteiger partial charge on any atom is -0.135 e. The van der Waals surface area contributed by atoms with Crippen molar-refractivity contribution in [1.29, 1.82) is 0 Å². The summed E-state index contributed by atoms with van der Waals surface area (Å²) in [6, 6.07) is -3.12. The monoisotopic (exact) mass is 658 g/mol. The fourth-order valence-corrected chi connectivity index (χ4v) is 7.98. The van der Waals surface area contributed by atoms with Crippen LogP contribution in [0.4, 0.5) is 0 Å². The van der Waals surface area contributed by atoms with Crippen LogP contribution in [0, 0.1) is 0 Å². The van der Waals surface area contributed by atoms with Crippen LogP contribution in [0.15, 0.2) is 169 Å². The predicted octanol–water partition coefficient (Wildman–Crippen LogP) is 14.3. The lowest BCUT2D eigenvalue weighted by molar-refractivity contribution is 1.73. The summed E-state index contributed by atoms with van der Waals surface area (Å²) in [6.45, 7) is 0. The molecule has 0 saturated carbocycles. The fraction of sp³-hybridized carbons (Fsp3) is 0. The van der Waals surface area contributed by atoms with Gasteiger partial charge in [0.15, 0.2) is 0 Å². The van der Waals surface area contributed by atoms with Crippen LogP contribution in [-0.4, -0.2) is 0 Å². The fourth-order valence-electron chi connectivity index (χ4n) is 6.79. The molecule has 0 atom stereocenters. The van der Waals surface area contributed by atoms with Gasteiger partial charge in [-0.15, -0.1) is 11.3 Å². The molecule has 0 unspecified atom stereocenters. The van der Waals surface area contributed by atoms with Gasteiger partial charge in [0.05, 0.1) is 30.2 Å². The van der Waals surface area contributed by atoms with E-state index in [-0.39, 0.29) is 86.9 Å². The second-order valence-electron chi connectivity index (χ2n) is 11.5. The zero-order chi connectivity index (χ0) is 51.2. The number of rotatable bonds is 2. The van der Waals surface area contributed by atoms with Gasteiger partial charge in [-0.25, -0.2) is 0 Å². The molecule has 0 aliphatic rings. The minimum absolute atomic E-state index is 0.0211. The second kappa shape index (κ2) is 10.2. The van der Waals surface area contributed by atoms with Gasteiger partial charge in [-0.3, -0.25) is 0 Å². The largest absolute Gasteiger partial charge is 0.135 e. The molecule has 0 spiro atoms. The Morgan fingerprint density at radius 1 is 0.327 bits per heavy atom. The smallest absolute Gasteiger partial charge is 0.0636 e. The van der Waals surface area contributed by atoms with Gasteiger partial charge in [-0.2, -0.15) is 0 Å². The molecule has 10 aromatic carbocycles. The highest BCUT2D eigenvalue weighted by molar-refractivity contribution is 7.25. The highest BCUT2D eigenvalue weighted by Crippen LogP contribution is 2.45. The summed E-state index contributed by atoms with van der Waals surface area (Å²) in [4.78, 5) is 0. The second-order valence-corrected chi connectivity index (χ2v) is 12.6. The molecule has 11 aromatic rings. The van der Waals surface area contributed by atoms with E-state index >= 15 is 0 Å². The molecular weight excluding hydrogens is 609 g/mol. The van der Waals surface area contributed by atoms with Crippen LogP contribution in [0.1, 0.15) is 30.2 Å². The minimum atomic E-state index is -0.666. The summed E-state index contributed by atoms with van der Waals surface area (Å²) in [6.07, 6.45) is 0. The van der Waals surface area contributed by atoms with Crippen LogP contribution in [0.2, 0.25) is 0 Å². The normalized spacial score (nSPS) is 18.4. The van der Waals surface area contributed by atoms with E-state index in [1.807, 2.05) is 0 Å². The number of fused-ring (bicyclic) bond motifs is 11. The number of hydrogen-bond donors (Lipinski definition) is 0. The molecule has 1 heteroatoms. The van der Waals surface area contributed by atoms with Crippen molar-refractivity contribution in [3.63, 3.8) is 0 Å². The van der Waals surface area contributed by atoms with Crippen molar-refractivity contribution in [2.24, 2.45) is 0 Å². The lowest BCUT2D eigenvalue weighted by atomic mass is 9.89. The number of benzene rings is 10. The first-order valence-electron chi connectivity index (χ1n) is 26.1. The Hall–Kier alpha value is -6.02. The predicted molar refractivity (Wildman–Crippen MR) is 215 cm³/mol. The van der Waals surface area contributed by atoms with Gasteiger partial charge in [0.2, 0.25) is 0 Å². The van der Waals surface area contributed by atoms with Crippen LogP contribution < -0.4 is 0 Å². The molecule has 11 rings (SSSR count). The molecule has 0 radical (unpaired) electrons. The maximum atomic E-state index is 9.44. The van der Waals surface area contributed by atoms with Crippen LogP contribution in [0.5, 0.6) is 0 Å². The molecule has 0 fully saturated rings. The topological polar surface area (TPSA) is 0 Å². The van der Waals surface area contributed by atoms with E-state index in [1.165, 1.54) is 11.3 Å². The molecule has 0 saturated heterocycles. The average Bonchev–Trinajstić information content (AvgIpc) is 3.72. The van der Waals surface area contributed by atoms with Crippen molar-refractivity contribution in [3.8, 4) is 22.3 Å². The molecule has 49 heavy (non-hydrogen) atoms. The summed E-state index contributed by atoms with van der Waals surface area (Å²) in [5.41, 5.74) is 0.588. The van der Waals surface area contributed by atoms with Crippen LogP contribution >= 0.6 is 11.3 Å². The van der Waals surface area contributed by atoms with Crippen LogP contribution in [0.25, 0.3) is 107 Å². The Labute approximate surface area is 318 Å². The maximum absolute atomic E-state index is 9.44. The van der Waals surface area contributed by atoms with Gasteiger partial charge in [0.25, 0.3) is 0 Å². The van der Waals surface area contributed by atoms with E-state index in [4.69, 9.17) is 24.7 Å². The summed E-state index contributed by atoms with van der Waals surface area (Å²) in [7, 11) is 0. The average molecular weight is 659 g/mol. The summed E-state index contributed by atoms with van der Waals surface area (Å²) in [5.74, 6) is 0. The van der Waals surface area contributed by atoms with Gasteiger partial charge >= 0.3 is 0 Å². The Morgan fingerprint density at radius 2 is 0.735 bits per heavy atom. The SMILES string of the molecule is [2H]c1c([2H])c([2H])c2c([2H])c3c(c([2H])c([2H])c4c([2H])c([2H])c([2H])c([2H])c43)c(-c3ccc4c(c3)sc3cc(-c5c6c([2H])c([2H])c([2H])c([2H])c6c([2H])c6c5c([2H])c([2H])c5c([2H])c([2H])c([2H])c([2H])c56)ccc34)c2c1[2H]. The zero-order valence-electron chi connectivity index (χ0n) is 46.9. The Kier molecular flexibility index (Phi) is 2.82. The number of thiophene rings is 1. The molecule has 0 N–H and O–H groups in total. The molecule has 0 amide bonds. The maximum Gasteiger partial charge on any atom is 0.0636 e.